The van der Waals surface area contributed by atoms with Crippen molar-refractivity contribution >= 4 is 17.4 Å². The number of ketones is 1. The molecule has 0 saturated heterocycles. The summed E-state index contributed by atoms with van der Waals surface area (Å²) >= 11 is 0. The van der Waals surface area contributed by atoms with E-state index in [1.54, 1.807) is 13.2 Å². The van der Waals surface area contributed by atoms with Crippen LogP contribution in [0.2, 0.25) is 0 Å². The molecule has 0 aromatic heterocycles. The fourth-order valence-electron chi connectivity index (χ4n) is 3.88. The Bertz CT molecular complexity index is 1050. The van der Waals surface area contributed by atoms with Gasteiger partial charge in [-0.05, 0) is 63.9 Å². The smallest absolute Gasteiger partial charge is 0.216 e. The van der Waals surface area contributed by atoms with Crippen molar-refractivity contribution in [3.05, 3.63) is 70.8 Å². The molecule has 30 heavy (non-hydrogen) atoms. The van der Waals surface area contributed by atoms with Crippen LogP contribution < -0.4 is 10.1 Å². The monoisotopic (exact) mass is 404 g/mol. The van der Waals surface area contributed by atoms with Crippen molar-refractivity contribution in [3.63, 3.8) is 0 Å². The van der Waals surface area contributed by atoms with Gasteiger partial charge in [0.15, 0.2) is 5.78 Å². The second-order valence-corrected chi connectivity index (χ2v) is 9.23. The van der Waals surface area contributed by atoms with Gasteiger partial charge in [0.2, 0.25) is 5.90 Å². The van der Waals surface area contributed by atoms with Crippen LogP contribution in [0.15, 0.2) is 53.5 Å². The molecule has 5 heteroatoms. The molecular weight excluding hydrogens is 376 g/mol. The third-order valence-electron chi connectivity index (χ3n) is 5.37. The highest BCUT2D eigenvalue weighted by atomic mass is 16.5. The van der Waals surface area contributed by atoms with Gasteiger partial charge in [-0.2, -0.15) is 0 Å². The van der Waals surface area contributed by atoms with E-state index in [2.05, 4.69) is 30.2 Å². The quantitative estimate of drug-likeness (QED) is 0.606. The number of allylic oxidation sites excluding steroid dienone is 1. The molecule has 156 valence electrons. The van der Waals surface area contributed by atoms with Crippen LogP contribution in [0.5, 0.6) is 5.75 Å². The lowest BCUT2D eigenvalue weighted by Gasteiger charge is -2.35. The molecule has 2 aliphatic heterocycles. The van der Waals surface area contributed by atoms with Gasteiger partial charge in [-0.25, -0.2) is 4.99 Å². The lowest BCUT2D eigenvalue weighted by atomic mass is 9.85. The Labute approximate surface area is 177 Å². The first-order valence-corrected chi connectivity index (χ1v) is 10.2. The van der Waals surface area contributed by atoms with Gasteiger partial charge in [-0.15, -0.1) is 0 Å². The summed E-state index contributed by atoms with van der Waals surface area (Å²) in [6.45, 7) is 8.92. The Balaban J connectivity index is 1.63. The van der Waals surface area contributed by atoms with Crippen molar-refractivity contribution in [3.8, 4) is 5.75 Å². The van der Waals surface area contributed by atoms with Crippen molar-refractivity contribution in [1.29, 1.82) is 0 Å². The predicted molar refractivity (Wildman–Crippen MR) is 119 cm³/mol. The summed E-state index contributed by atoms with van der Waals surface area (Å²) < 4.78 is 11.1. The number of benzene rings is 2. The first-order valence-electron chi connectivity index (χ1n) is 10.2. The lowest BCUT2D eigenvalue weighted by molar-refractivity contribution is 0.104. The Morgan fingerprint density at radius 3 is 2.50 bits per heavy atom. The van der Waals surface area contributed by atoms with E-state index in [0.29, 0.717) is 18.1 Å². The zero-order valence-electron chi connectivity index (χ0n) is 18.2. The maximum atomic E-state index is 13.0. The number of fused-ring (bicyclic) bond motifs is 1. The molecule has 0 unspecified atom stereocenters. The van der Waals surface area contributed by atoms with Crippen molar-refractivity contribution in [1.82, 2.24) is 5.32 Å². The zero-order chi connectivity index (χ0) is 21.5. The molecule has 2 aliphatic rings. The number of hydrogen-bond donors (Lipinski definition) is 1. The SMILES string of the molecule is COc1ccc2c(c1)C(=CC(=O)c1ccc(C3=NC(C)(C)CO3)cc1)NC(C)(C)C2. The molecular formula is C25H28N2O3. The van der Waals surface area contributed by atoms with E-state index >= 15 is 0 Å². The summed E-state index contributed by atoms with van der Waals surface area (Å²) in [4.78, 5) is 17.6. The number of rotatable bonds is 4. The van der Waals surface area contributed by atoms with Crippen LogP contribution in [-0.4, -0.2) is 36.5 Å². The molecule has 0 bridgehead atoms. The third kappa shape index (κ3) is 4.11. The zero-order valence-corrected chi connectivity index (χ0v) is 18.2. The van der Waals surface area contributed by atoms with Gasteiger partial charge in [-0.3, -0.25) is 4.79 Å². The Morgan fingerprint density at radius 2 is 1.87 bits per heavy atom. The average Bonchev–Trinajstić information content (AvgIpc) is 3.07. The van der Waals surface area contributed by atoms with Crippen LogP contribution in [0.3, 0.4) is 0 Å². The van der Waals surface area contributed by atoms with E-state index in [1.165, 1.54) is 5.56 Å². The number of hydrogen-bond acceptors (Lipinski definition) is 5. The molecule has 5 nitrogen and oxygen atoms in total. The molecule has 0 fully saturated rings. The van der Waals surface area contributed by atoms with E-state index in [0.717, 1.165) is 29.0 Å². The standard InChI is InChI=1S/C25H28N2O3/c1-24(2)14-18-10-11-19(29-5)12-20(18)21(26-24)13-22(28)16-6-8-17(9-7-16)23-27-25(3,4)15-30-23/h6-13,26H,14-15H2,1-5H3. The number of nitrogens with one attached hydrogen (secondary N) is 1. The first kappa shape index (κ1) is 20.2. The fraction of sp³-hybridized carbons (Fsp3) is 0.360. The maximum absolute atomic E-state index is 13.0. The summed E-state index contributed by atoms with van der Waals surface area (Å²) in [5, 5.41) is 3.51. The number of carbonyl (C=O) groups excluding carboxylic acids is 1. The number of methoxy groups -OCH3 is 1. The van der Waals surface area contributed by atoms with Crippen molar-refractivity contribution in [2.75, 3.05) is 13.7 Å². The maximum Gasteiger partial charge on any atom is 0.216 e. The van der Waals surface area contributed by atoms with Crippen LogP contribution >= 0.6 is 0 Å². The minimum absolute atomic E-state index is 0.0508. The van der Waals surface area contributed by atoms with Crippen LogP contribution in [0, 0.1) is 0 Å². The first-order chi connectivity index (χ1) is 14.2. The van der Waals surface area contributed by atoms with Gasteiger partial charge in [0.1, 0.15) is 12.4 Å². The number of aliphatic imine (C=N–C) groups is 1. The van der Waals surface area contributed by atoms with Gasteiger partial charge in [0, 0.05) is 34.0 Å². The molecule has 0 saturated carbocycles. The highest BCUT2D eigenvalue weighted by Crippen LogP contribution is 2.32. The minimum Gasteiger partial charge on any atom is -0.497 e. The van der Waals surface area contributed by atoms with Gasteiger partial charge in [0.05, 0.1) is 12.6 Å². The van der Waals surface area contributed by atoms with Gasteiger partial charge in [-0.1, -0.05) is 18.2 Å². The highest BCUT2D eigenvalue weighted by Gasteiger charge is 2.29. The minimum atomic E-state index is -0.206. The summed E-state index contributed by atoms with van der Waals surface area (Å²) in [5.41, 5.74) is 4.20. The largest absolute Gasteiger partial charge is 0.497 e. The van der Waals surface area contributed by atoms with Crippen LogP contribution in [0.4, 0.5) is 0 Å². The number of nitrogens with zero attached hydrogens (tertiary/aromatic N) is 1. The predicted octanol–water partition coefficient (Wildman–Crippen LogP) is 4.40. The van der Waals surface area contributed by atoms with Gasteiger partial charge < -0.3 is 14.8 Å². The topological polar surface area (TPSA) is 59.9 Å². The summed E-state index contributed by atoms with van der Waals surface area (Å²) in [6.07, 6.45) is 2.56. The van der Waals surface area contributed by atoms with E-state index < -0.39 is 0 Å². The Morgan fingerprint density at radius 1 is 1.13 bits per heavy atom. The van der Waals surface area contributed by atoms with Gasteiger partial charge >= 0.3 is 0 Å². The van der Waals surface area contributed by atoms with Crippen molar-refractivity contribution in [2.24, 2.45) is 4.99 Å². The van der Waals surface area contributed by atoms with Crippen molar-refractivity contribution < 1.29 is 14.3 Å². The number of ether oxygens (including phenoxy) is 2. The molecule has 0 radical (unpaired) electrons. The average molecular weight is 405 g/mol. The second-order valence-electron chi connectivity index (χ2n) is 9.23. The summed E-state index contributed by atoms with van der Waals surface area (Å²) in [5.74, 6) is 1.36. The Hall–Kier alpha value is -3.08. The molecule has 1 N–H and O–H groups in total. The van der Waals surface area contributed by atoms with Crippen LogP contribution in [0.25, 0.3) is 5.70 Å². The van der Waals surface area contributed by atoms with Gasteiger partial charge in [0.25, 0.3) is 0 Å². The van der Waals surface area contributed by atoms with Crippen LogP contribution in [-0.2, 0) is 11.2 Å². The second kappa shape index (κ2) is 7.31. The summed E-state index contributed by atoms with van der Waals surface area (Å²) in [6, 6.07) is 13.5. The molecule has 0 aliphatic carbocycles. The molecule has 2 aromatic rings. The van der Waals surface area contributed by atoms with E-state index in [1.807, 2.05) is 50.2 Å². The van der Waals surface area contributed by atoms with E-state index in [4.69, 9.17) is 9.47 Å². The normalized spacial score (nSPS) is 20.0. The highest BCUT2D eigenvalue weighted by molar-refractivity contribution is 6.09. The lowest BCUT2D eigenvalue weighted by Crippen LogP contribution is -2.43. The third-order valence-corrected chi connectivity index (χ3v) is 5.37. The Kier molecular flexibility index (Phi) is 4.92. The van der Waals surface area contributed by atoms with Crippen LogP contribution in [0.1, 0.15) is 54.7 Å². The molecule has 2 aromatic carbocycles. The number of carbonyl (C=O) groups is 1. The van der Waals surface area contributed by atoms with Crippen molar-refractivity contribution in [2.45, 2.75) is 45.2 Å². The molecule has 2 heterocycles. The fourth-order valence-corrected chi connectivity index (χ4v) is 3.88. The molecule has 0 amide bonds. The molecule has 0 atom stereocenters. The molecule has 4 rings (SSSR count). The van der Waals surface area contributed by atoms with E-state index in [-0.39, 0.29) is 16.9 Å². The molecule has 0 spiro atoms. The van der Waals surface area contributed by atoms with E-state index in [9.17, 15) is 4.79 Å². The summed E-state index contributed by atoms with van der Waals surface area (Å²) in [7, 11) is 1.65.